The fourth-order valence-corrected chi connectivity index (χ4v) is 2.78. The van der Waals surface area contributed by atoms with Crippen LogP contribution in [0.25, 0.3) is 5.69 Å². The number of nitrogens with one attached hydrogen (secondary N) is 1. The highest BCUT2D eigenvalue weighted by Crippen LogP contribution is 2.20. The van der Waals surface area contributed by atoms with Crippen molar-refractivity contribution in [3.63, 3.8) is 0 Å². The van der Waals surface area contributed by atoms with Crippen molar-refractivity contribution in [1.29, 1.82) is 0 Å². The van der Waals surface area contributed by atoms with Crippen molar-refractivity contribution in [3.05, 3.63) is 69.4 Å². The van der Waals surface area contributed by atoms with E-state index in [1.807, 2.05) is 41.8 Å². The Hall–Kier alpha value is -2.60. The number of hydrogen-bond acceptors (Lipinski definition) is 5. The van der Waals surface area contributed by atoms with E-state index >= 15 is 0 Å². The van der Waals surface area contributed by atoms with Gasteiger partial charge in [0, 0.05) is 17.3 Å². The summed E-state index contributed by atoms with van der Waals surface area (Å²) >= 11 is 1.64. The molecule has 1 aromatic carbocycles. The van der Waals surface area contributed by atoms with E-state index in [0.29, 0.717) is 23.8 Å². The Bertz CT molecular complexity index is 812. The molecule has 0 radical (unpaired) electrons. The van der Waals surface area contributed by atoms with Gasteiger partial charge < -0.3 is 10.1 Å². The minimum absolute atomic E-state index is 0.205. The van der Waals surface area contributed by atoms with Gasteiger partial charge in [-0.25, -0.2) is 4.98 Å². The third-order valence-corrected chi connectivity index (χ3v) is 4.07. The molecule has 0 atom stereocenters. The van der Waals surface area contributed by atoms with Crippen LogP contribution < -0.4 is 15.6 Å². The summed E-state index contributed by atoms with van der Waals surface area (Å²) in [5.41, 5.74) is 0.486. The molecule has 5 nitrogen and oxygen atoms in total. The first kappa shape index (κ1) is 14.3. The first-order valence-electron chi connectivity index (χ1n) is 6.77. The maximum Gasteiger partial charge on any atom is 0.297 e. The average Bonchev–Trinajstić information content (AvgIpc) is 3.07. The Morgan fingerprint density at radius 3 is 2.91 bits per heavy atom. The molecule has 0 spiro atoms. The van der Waals surface area contributed by atoms with Gasteiger partial charge in [0.25, 0.3) is 5.56 Å². The van der Waals surface area contributed by atoms with Gasteiger partial charge in [0.2, 0.25) is 0 Å². The van der Waals surface area contributed by atoms with E-state index in [-0.39, 0.29) is 5.56 Å². The second-order valence-corrected chi connectivity index (χ2v) is 5.59. The van der Waals surface area contributed by atoms with Crippen molar-refractivity contribution in [1.82, 2.24) is 9.55 Å². The molecule has 0 aliphatic rings. The molecule has 0 unspecified atom stereocenters. The SMILES string of the molecule is COc1ccccc1-n1ccnc(NCc2cccs2)c1=O. The largest absolute Gasteiger partial charge is 0.495 e. The number of aromatic nitrogens is 2. The predicted molar refractivity (Wildman–Crippen MR) is 88.0 cm³/mol. The third kappa shape index (κ3) is 2.87. The number of ether oxygens (including phenoxy) is 1. The highest BCUT2D eigenvalue weighted by molar-refractivity contribution is 7.09. The Morgan fingerprint density at radius 2 is 2.14 bits per heavy atom. The monoisotopic (exact) mass is 313 g/mol. The molecule has 2 heterocycles. The van der Waals surface area contributed by atoms with Gasteiger partial charge in [0.05, 0.1) is 19.3 Å². The Labute approximate surface area is 131 Å². The van der Waals surface area contributed by atoms with Crippen molar-refractivity contribution in [2.24, 2.45) is 0 Å². The normalized spacial score (nSPS) is 10.4. The lowest BCUT2D eigenvalue weighted by atomic mass is 10.3. The highest BCUT2D eigenvalue weighted by atomic mass is 32.1. The summed E-state index contributed by atoms with van der Waals surface area (Å²) in [7, 11) is 1.58. The molecule has 112 valence electrons. The van der Waals surface area contributed by atoms with Gasteiger partial charge in [-0.05, 0) is 23.6 Å². The van der Waals surface area contributed by atoms with E-state index in [4.69, 9.17) is 4.74 Å². The minimum Gasteiger partial charge on any atom is -0.495 e. The van der Waals surface area contributed by atoms with Gasteiger partial charge in [-0.1, -0.05) is 18.2 Å². The fourth-order valence-electron chi connectivity index (χ4n) is 2.14. The van der Waals surface area contributed by atoms with E-state index in [1.165, 1.54) is 4.57 Å². The van der Waals surface area contributed by atoms with Crippen LogP contribution >= 0.6 is 11.3 Å². The molecule has 3 rings (SSSR count). The van der Waals surface area contributed by atoms with E-state index < -0.39 is 0 Å². The first-order valence-corrected chi connectivity index (χ1v) is 7.65. The maximum atomic E-state index is 12.6. The zero-order chi connectivity index (χ0) is 15.4. The minimum atomic E-state index is -0.205. The van der Waals surface area contributed by atoms with Crippen molar-refractivity contribution >= 4 is 17.2 Å². The van der Waals surface area contributed by atoms with Crippen molar-refractivity contribution in [2.45, 2.75) is 6.54 Å². The molecule has 0 fully saturated rings. The molecule has 3 aromatic rings. The third-order valence-electron chi connectivity index (χ3n) is 3.20. The zero-order valence-corrected chi connectivity index (χ0v) is 12.8. The van der Waals surface area contributed by atoms with Gasteiger partial charge >= 0.3 is 0 Å². The van der Waals surface area contributed by atoms with Crippen molar-refractivity contribution in [3.8, 4) is 11.4 Å². The van der Waals surface area contributed by atoms with Crippen LogP contribution in [0, 0.1) is 0 Å². The van der Waals surface area contributed by atoms with E-state index in [0.717, 1.165) is 4.88 Å². The number of thiophene rings is 1. The summed E-state index contributed by atoms with van der Waals surface area (Å²) in [4.78, 5) is 17.9. The summed E-state index contributed by atoms with van der Waals surface area (Å²) in [5, 5.41) is 5.09. The molecule has 0 bridgehead atoms. The Kier molecular flexibility index (Phi) is 4.20. The molecule has 0 saturated carbocycles. The lowest BCUT2D eigenvalue weighted by molar-refractivity contribution is 0.412. The number of anilines is 1. The molecule has 22 heavy (non-hydrogen) atoms. The second-order valence-electron chi connectivity index (χ2n) is 4.56. The van der Waals surface area contributed by atoms with Gasteiger partial charge in [-0.2, -0.15) is 0 Å². The van der Waals surface area contributed by atoms with E-state index in [9.17, 15) is 4.79 Å². The molecule has 0 aliphatic carbocycles. The molecular weight excluding hydrogens is 298 g/mol. The van der Waals surface area contributed by atoms with E-state index in [1.54, 1.807) is 30.8 Å². The standard InChI is InChI=1S/C16H15N3O2S/c1-21-14-7-3-2-6-13(14)19-9-8-17-15(16(19)20)18-11-12-5-4-10-22-12/h2-10H,11H2,1H3,(H,17,18). The first-order chi connectivity index (χ1) is 10.8. The van der Waals surface area contributed by atoms with E-state index in [2.05, 4.69) is 10.3 Å². The fraction of sp³-hybridized carbons (Fsp3) is 0.125. The molecule has 0 saturated heterocycles. The van der Waals surface area contributed by atoms with Crippen LogP contribution in [0.4, 0.5) is 5.82 Å². The van der Waals surface area contributed by atoms with Gasteiger partial charge in [0.1, 0.15) is 5.75 Å². The summed E-state index contributed by atoms with van der Waals surface area (Å²) in [6.07, 6.45) is 3.24. The second kappa shape index (κ2) is 6.44. The van der Waals surface area contributed by atoms with Gasteiger partial charge in [-0.15, -0.1) is 11.3 Å². The maximum absolute atomic E-state index is 12.6. The topological polar surface area (TPSA) is 56.1 Å². The van der Waals surface area contributed by atoms with Crippen LogP contribution in [0.3, 0.4) is 0 Å². The Balaban J connectivity index is 1.93. The van der Waals surface area contributed by atoms with Crippen LogP contribution in [0.15, 0.2) is 59.0 Å². The smallest absolute Gasteiger partial charge is 0.297 e. The van der Waals surface area contributed by atoms with Crippen molar-refractivity contribution in [2.75, 3.05) is 12.4 Å². The summed E-state index contributed by atoms with van der Waals surface area (Å²) < 4.78 is 6.84. The quantitative estimate of drug-likeness (QED) is 0.787. The lowest BCUT2D eigenvalue weighted by Crippen LogP contribution is -2.23. The van der Waals surface area contributed by atoms with Crippen LogP contribution in [-0.4, -0.2) is 16.7 Å². The molecule has 1 N–H and O–H groups in total. The highest BCUT2D eigenvalue weighted by Gasteiger charge is 2.10. The number of rotatable bonds is 5. The molecule has 6 heteroatoms. The predicted octanol–water partition coefficient (Wildman–Crippen LogP) is 2.91. The number of hydrogen-bond donors (Lipinski definition) is 1. The number of para-hydroxylation sites is 2. The molecule has 0 aliphatic heterocycles. The van der Waals surface area contributed by atoms with Crippen LogP contribution in [-0.2, 0) is 6.54 Å². The van der Waals surface area contributed by atoms with Crippen LogP contribution in [0.1, 0.15) is 4.88 Å². The zero-order valence-electron chi connectivity index (χ0n) is 12.0. The number of nitrogens with zero attached hydrogens (tertiary/aromatic N) is 2. The van der Waals surface area contributed by atoms with Crippen LogP contribution in [0.5, 0.6) is 5.75 Å². The summed E-state index contributed by atoms with van der Waals surface area (Å²) in [6, 6.07) is 11.4. The Morgan fingerprint density at radius 1 is 1.27 bits per heavy atom. The average molecular weight is 313 g/mol. The molecule has 2 aromatic heterocycles. The van der Waals surface area contributed by atoms with Crippen LogP contribution in [0.2, 0.25) is 0 Å². The number of benzene rings is 1. The lowest BCUT2D eigenvalue weighted by Gasteiger charge is -2.11. The van der Waals surface area contributed by atoms with Gasteiger partial charge in [0.15, 0.2) is 5.82 Å². The molecule has 0 amide bonds. The number of methoxy groups -OCH3 is 1. The van der Waals surface area contributed by atoms with Crippen molar-refractivity contribution < 1.29 is 4.74 Å². The summed E-state index contributed by atoms with van der Waals surface area (Å²) in [5.74, 6) is 0.960. The summed E-state index contributed by atoms with van der Waals surface area (Å²) in [6.45, 7) is 0.579. The van der Waals surface area contributed by atoms with Gasteiger partial charge in [-0.3, -0.25) is 9.36 Å². The molecular formula is C16H15N3O2S.